The summed E-state index contributed by atoms with van der Waals surface area (Å²) >= 11 is 0. The van der Waals surface area contributed by atoms with Gasteiger partial charge in [0.25, 0.3) is 0 Å². The number of fused-ring (bicyclic) bond motifs is 1. The highest BCUT2D eigenvalue weighted by Crippen LogP contribution is 2.86. The van der Waals surface area contributed by atoms with E-state index in [1.54, 1.807) is 0 Å². The maximum absolute atomic E-state index is 11.3. The molecule has 9 aliphatic rings. The van der Waals surface area contributed by atoms with Crippen molar-refractivity contribution in [3.05, 3.63) is 12.2 Å². The van der Waals surface area contributed by atoms with Crippen LogP contribution in [-0.2, 0) is 0 Å². The monoisotopic (exact) mass is 329 g/mol. The first kappa shape index (κ1) is 13.7. The minimum absolute atomic E-state index is 0.0358. The Morgan fingerprint density at radius 3 is 2.67 bits per heavy atom. The molecule has 3 saturated heterocycles. The Hall–Kier alpha value is -0.420. The Bertz CT molecular complexity index is 709. The van der Waals surface area contributed by atoms with Crippen LogP contribution in [0.2, 0.25) is 0 Å². The van der Waals surface area contributed by atoms with Gasteiger partial charge in [0, 0.05) is 30.5 Å². The average molecular weight is 329 g/mol. The van der Waals surface area contributed by atoms with E-state index in [4.69, 9.17) is 0 Å². The summed E-state index contributed by atoms with van der Waals surface area (Å²) in [6.45, 7) is 7.72. The van der Waals surface area contributed by atoms with Crippen LogP contribution in [0.4, 0.5) is 0 Å². The van der Waals surface area contributed by atoms with E-state index in [2.05, 4.69) is 18.4 Å². The summed E-state index contributed by atoms with van der Waals surface area (Å²) in [5.74, 6) is 1.02. The minimum Gasteiger partial charge on any atom is -0.393 e. The zero-order chi connectivity index (χ0) is 16.4. The second-order valence-electron chi connectivity index (χ2n) is 10.8. The molecule has 0 radical (unpaired) electrons. The molecular weight excluding hydrogens is 302 g/mol. The van der Waals surface area contributed by atoms with Crippen molar-refractivity contribution < 1.29 is 15.3 Å². The molecular formula is C20H27NO3. The average Bonchev–Trinajstić information content (AvgIpc) is 2.88. The van der Waals surface area contributed by atoms with E-state index in [1.165, 1.54) is 0 Å². The lowest BCUT2D eigenvalue weighted by atomic mass is 9.39. The molecule has 13 atom stereocenters. The van der Waals surface area contributed by atoms with Gasteiger partial charge in [0.15, 0.2) is 0 Å². The van der Waals surface area contributed by atoms with Crippen molar-refractivity contribution in [2.24, 2.45) is 39.9 Å². The Kier molecular flexibility index (Phi) is 1.95. The Balaban J connectivity index is 1.54. The molecule has 9 rings (SSSR count). The topological polar surface area (TPSA) is 63.9 Å². The number of piperidine rings is 2. The van der Waals surface area contributed by atoms with E-state index in [1.807, 2.05) is 0 Å². The summed E-state index contributed by atoms with van der Waals surface area (Å²) in [4.78, 5) is 2.73. The fourth-order valence-electron chi connectivity index (χ4n) is 10.7. The van der Waals surface area contributed by atoms with Crippen LogP contribution < -0.4 is 0 Å². The molecule has 2 spiro atoms. The summed E-state index contributed by atoms with van der Waals surface area (Å²) in [5, 5.41) is 33.3. The Labute approximate surface area is 142 Å². The molecule has 0 aromatic carbocycles. The van der Waals surface area contributed by atoms with Crippen LogP contribution in [0.1, 0.15) is 32.6 Å². The van der Waals surface area contributed by atoms with Crippen LogP contribution in [-0.4, -0.2) is 57.2 Å². The number of hydrogen-bond donors (Lipinski definition) is 3. The van der Waals surface area contributed by atoms with Gasteiger partial charge < -0.3 is 15.3 Å². The third-order valence-electron chi connectivity index (χ3n) is 10.1. The zero-order valence-electron chi connectivity index (χ0n) is 14.2. The van der Waals surface area contributed by atoms with Crippen molar-refractivity contribution in [1.29, 1.82) is 0 Å². The quantitative estimate of drug-likeness (QED) is 0.574. The lowest BCUT2D eigenvalue weighted by molar-refractivity contribution is -0.213. The van der Waals surface area contributed by atoms with Crippen LogP contribution in [0.15, 0.2) is 12.2 Å². The molecule has 4 nitrogen and oxygen atoms in total. The summed E-state index contributed by atoms with van der Waals surface area (Å²) in [6, 6.07) is 0.999. The maximum Gasteiger partial charge on any atom is 0.0679 e. The molecule has 9 bridgehead atoms. The second kappa shape index (κ2) is 3.40. The first-order valence-corrected chi connectivity index (χ1v) is 9.83. The van der Waals surface area contributed by atoms with Crippen molar-refractivity contribution in [2.75, 3.05) is 6.54 Å². The lowest BCUT2D eigenvalue weighted by Crippen LogP contribution is -2.67. The number of hydrogen-bond acceptors (Lipinski definition) is 4. The van der Waals surface area contributed by atoms with Gasteiger partial charge in [0.1, 0.15) is 0 Å². The van der Waals surface area contributed by atoms with Gasteiger partial charge in [-0.1, -0.05) is 19.1 Å². The van der Waals surface area contributed by atoms with Gasteiger partial charge in [-0.05, 0) is 53.8 Å². The first-order valence-electron chi connectivity index (χ1n) is 9.83. The fourth-order valence-corrected chi connectivity index (χ4v) is 10.7. The number of nitrogens with zero attached hydrogens (tertiary/aromatic N) is 1. The molecule has 24 heavy (non-hydrogen) atoms. The molecule has 6 aliphatic carbocycles. The van der Waals surface area contributed by atoms with Crippen molar-refractivity contribution in [3.63, 3.8) is 0 Å². The molecule has 0 amide bonds. The van der Waals surface area contributed by atoms with Gasteiger partial charge in [-0.15, -0.1) is 0 Å². The predicted molar refractivity (Wildman–Crippen MR) is 86.8 cm³/mol. The van der Waals surface area contributed by atoms with E-state index in [0.717, 1.165) is 37.8 Å². The third-order valence-corrected chi connectivity index (χ3v) is 10.1. The summed E-state index contributed by atoms with van der Waals surface area (Å²) in [5.41, 5.74) is 1.37. The van der Waals surface area contributed by atoms with Crippen molar-refractivity contribution in [2.45, 2.75) is 63.0 Å². The van der Waals surface area contributed by atoms with Gasteiger partial charge in [-0.25, -0.2) is 0 Å². The van der Waals surface area contributed by atoms with Crippen LogP contribution in [0.25, 0.3) is 0 Å². The molecule has 0 aromatic heterocycles. The smallest absolute Gasteiger partial charge is 0.0679 e. The maximum atomic E-state index is 11.3. The summed E-state index contributed by atoms with van der Waals surface area (Å²) in [7, 11) is 0. The first-order chi connectivity index (χ1) is 11.4. The third kappa shape index (κ3) is 0.980. The SMILES string of the molecule is C=C1C[C@]23C[C@H]4[C@H]5[C@@]6(C)C[C@H](O)C[C@@]57[C@@H]([C@H]2[C@H](O)[C@H]1[C@@H](O)[C@@H]37)N4C6. The zero-order valence-corrected chi connectivity index (χ0v) is 14.2. The molecule has 0 aromatic rings. The molecule has 1 unspecified atom stereocenters. The van der Waals surface area contributed by atoms with Crippen LogP contribution in [0.3, 0.4) is 0 Å². The molecule has 3 aliphatic heterocycles. The van der Waals surface area contributed by atoms with Crippen LogP contribution in [0.5, 0.6) is 0 Å². The van der Waals surface area contributed by atoms with Crippen molar-refractivity contribution in [3.8, 4) is 0 Å². The summed E-state index contributed by atoms with van der Waals surface area (Å²) in [6.07, 6.45) is 2.76. The van der Waals surface area contributed by atoms with Gasteiger partial charge in [0.2, 0.25) is 0 Å². The highest BCUT2D eigenvalue weighted by Gasteiger charge is 2.90. The van der Waals surface area contributed by atoms with Crippen molar-refractivity contribution in [1.82, 2.24) is 4.90 Å². The standard InChI is InChI=1S/C20H27NO3/c1-8-3-19-6-10-15-18(2)4-9(22)5-20(15)16(19)14(24)11(8)13(23)12(19)17(20)21(10)7-18/h9-17,22-24H,1,3-7H2,2H3/t9-,10-,11-,12+,13+,14+,15-,16-,17+,18-,19-,20+/m0/s1. The molecule has 130 valence electrons. The molecule has 6 saturated carbocycles. The van der Waals surface area contributed by atoms with E-state index in [0.29, 0.717) is 18.0 Å². The normalized spacial score (nSPS) is 76.1. The number of aliphatic hydroxyl groups excluding tert-OH is 3. The Morgan fingerprint density at radius 1 is 1.08 bits per heavy atom. The van der Waals surface area contributed by atoms with Gasteiger partial charge in [0.05, 0.1) is 18.3 Å². The van der Waals surface area contributed by atoms with E-state index in [9.17, 15) is 15.3 Å². The van der Waals surface area contributed by atoms with Crippen LogP contribution in [0, 0.1) is 39.9 Å². The minimum atomic E-state index is -0.460. The van der Waals surface area contributed by atoms with E-state index in [-0.39, 0.29) is 40.1 Å². The number of aliphatic hydroxyl groups is 3. The fraction of sp³-hybridized carbons (Fsp3) is 0.900. The second-order valence-corrected chi connectivity index (χ2v) is 10.8. The van der Waals surface area contributed by atoms with E-state index >= 15 is 0 Å². The largest absolute Gasteiger partial charge is 0.393 e. The Morgan fingerprint density at radius 2 is 1.88 bits per heavy atom. The van der Waals surface area contributed by atoms with Gasteiger partial charge >= 0.3 is 0 Å². The van der Waals surface area contributed by atoms with Crippen molar-refractivity contribution >= 4 is 0 Å². The highest BCUT2D eigenvalue weighted by atomic mass is 16.3. The van der Waals surface area contributed by atoms with Crippen LogP contribution >= 0.6 is 0 Å². The lowest BCUT2D eigenvalue weighted by Gasteiger charge is -2.65. The molecule has 3 N–H and O–H groups in total. The predicted octanol–water partition coefficient (Wildman–Crippen LogP) is 0.764. The molecule has 9 fully saturated rings. The molecule has 3 heterocycles. The number of rotatable bonds is 0. The van der Waals surface area contributed by atoms with E-state index < -0.39 is 12.2 Å². The highest BCUT2D eigenvalue weighted by molar-refractivity contribution is 5.43. The molecule has 4 heteroatoms. The summed E-state index contributed by atoms with van der Waals surface area (Å²) < 4.78 is 0. The van der Waals surface area contributed by atoms with Gasteiger partial charge in [-0.3, -0.25) is 4.90 Å². The van der Waals surface area contributed by atoms with Gasteiger partial charge in [-0.2, -0.15) is 0 Å².